The minimum atomic E-state index is 0.334. The van der Waals surface area contributed by atoms with Gasteiger partial charge in [0.05, 0.1) is 0 Å². The summed E-state index contributed by atoms with van der Waals surface area (Å²) in [6.45, 7) is 0. The van der Waals surface area contributed by atoms with Gasteiger partial charge < -0.3 is 0 Å². The van der Waals surface area contributed by atoms with Crippen LogP contribution in [0.2, 0.25) is 0 Å². The Morgan fingerprint density at radius 1 is 1.58 bits per heavy atom. The molecule has 1 heterocycles. The van der Waals surface area contributed by atoms with Crippen molar-refractivity contribution in [2.45, 2.75) is 25.7 Å². The lowest BCUT2D eigenvalue weighted by molar-refractivity contribution is 0.0937. The molecular weight excluding hydrogens is 168 g/mol. The summed E-state index contributed by atoms with van der Waals surface area (Å²) in [6, 6.07) is 1.92. The number of thiophene rings is 1. The Kier molecular flexibility index (Phi) is 2.26. The average molecular weight is 180 g/mol. The summed E-state index contributed by atoms with van der Waals surface area (Å²) in [6.07, 6.45) is 4.62. The number of rotatable bonds is 3. The van der Waals surface area contributed by atoms with E-state index in [2.05, 4.69) is 0 Å². The van der Waals surface area contributed by atoms with Gasteiger partial charge in [0.15, 0.2) is 5.78 Å². The van der Waals surface area contributed by atoms with Gasteiger partial charge in [0, 0.05) is 17.4 Å². The fourth-order valence-electron chi connectivity index (χ4n) is 1.50. The number of hydrogen-bond acceptors (Lipinski definition) is 2. The van der Waals surface area contributed by atoms with Gasteiger partial charge >= 0.3 is 0 Å². The molecule has 2 heteroatoms. The van der Waals surface area contributed by atoms with Crippen LogP contribution in [0.5, 0.6) is 0 Å². The van der Waals surface area contributed by atoms with Gasteiger partial charge in [-0.3, -0.25) is 4.79 Å². The SMILES string of the molecule is O=C(CC1CCC1)c1ccsc1. The predicted molar refractivity (Wildman–Crippen MR) is 50.6 cm³/mol. The van der Waals surface area contributed by atoms with E-state index < -0.39 is 0 Å². The summed E-state index contributed by atoms with van der Waals surface area (Å²) in [4.78, 5) is 11.5. The summed E-state index contributed by atoms with van der Waals surface area (Å²) in [5.74, 6) is 1.03. The Hall–Kier alpha value is -0.630. The lowest BCUT2D eigenvalue weighted by atomic mass is 9.81. The lowest BCUT2D eigenvalue weighted by Gasteiger charge is -2.24. The second kappa shape index (κ2) is 3.40. The van der Waals surface area contributed by atoms with Gasteiger partial charge in [0.1, 0.15) is 0 Å². The molecule has 1 aromatic rings. The summed E-state index contributed by atoms with van der Waals surface area (Å²) >= 11 is 1.60. The van der Waals surface area contributed by atoms with Crippen molar-refractivity contribution in [3.05, 3.63) is 22.4 Å². The molecule has 0 atom stereocenters. The molecule has 1 aliphatic carbocycles. The van der Waals surface area contributed by atoms with Crippen LogP contribution in [0.3, 0.4) is 0 Å². The Labute approximate surface area is 76.4 Å². The van der Waals surface area contributed by atoms with Crippen LogP contribution in [-0.4, -0.2) is 5.78 Å². The first kappa shape index (κ1) is 7.99. The molecule has 0 aromatic carbocycles. The molecule has 0 radical (unpaired) electrons. The van der Waals surface area contributed by atoms with Crippen LogP contribution in [0.25, 0.3) is 0 Å². The number of Topliss-reactive ketones (excluding diaryl/α,β-unsaturated/α-hetero) is 1. The number of hydrogen-bond donors (Lipinski definition) is 0. The molecule has 1 fully saturated rings. The molecule has 2 rings (SSSR count). The van der Waals surface area contributed by atoms with Gasteiger partial charge in [-0.1, -0.05) is 19.3 Å². The zero-order chi connectivity index (χ0) is 8.39. The van der Waals surface area contributed by atoms with Crippen molar-refractivity contribution in [3.8, 4) is 0 Å². The first-order chi connectivity index (χ1) is 5.86. The van der Waals surface area contributed by atoms with Gasteiger partial charge in [-0.2, -0.15) is 11.3 Å². The number of carbonyl (C=O) groups is 1. The van der Waals surface area contributed by atoms with E-state index in [4.69, 9.17) is 0 Å². The van der Waals surface area contributed by atoms with Crippen molar-refractivity contribution in [1.82, 2.24) is 0 Å². The third kappa shape index (κ3) is 1.58. The van der Waals surface area contributed by atoms with E-state index in [-0.39, 0.29) is 0 Å². The van der Waals surface area contributed by atoms with E-state index in [0.29, 0.717) is 11.7 Å². The zero-order valence-corrected chi connectivity index (χ0v) is 7.77. The van der Waals surface area contributed by atoms with Crippen molar-refractivity contribution in [3.63, 3.8) is 0 Å². The standard InChI is InChI=1S/C10H12OS/c11-10(6-8-2-1-3-8)9-4-5-12-7-9/h4-5,7-8H,1-3,6H2. The third-order valence-electron chi connectivity index (χ3n) is 2.54. The van der Waals surface area contributed by atoms with Crippen molar-refractivity contribution in [2.75, 3.05) is 0 Å². The van der Waals surface area contributed by atoms with E-state index >= 15 is 0 Å². The molecule has 1 nitrogen and oxygen atoms in total. The van der Waals surface area contributed by atoms with Crippen LogP contribution in [0.15, 0.2) is 16.8 Å². The van der Waals surface area contributed by atoms with Crippen molar-refractivity contribution >= 4 is 17.1 Å². The Bertz CT molecular complexity index is 259. The quantitative estimate of drug-likeness (QED) is 0.653. The topological polar surface area (TPSA) is 17.1 Å². The highest BCUT2D eigenvalue weighted by molar-refractivity contribution is 7.08. The van der Waals surface area contributed by atoms with Gasteiger partial charge in [-0.25, -0.2) is 0 Å². The van der Waals surface area contributed by atoms with Crippen molar-refractivity contribution < 1.29 is 4.79 Å². The Morgan fingerprint density at radius 3 is 2.92 bits per heavy atom. The highest BCUT2D eigenvalue weighted by Gasteiger charge is 2.21. The summed E-state index contributed by atoms with van der Waals surface area (Å²) in [5.41, 5.74) is 0.909. The average Bonchev–Trinajstić information content (AvgIpc) is 2.47. The Morgan fingerprint density at radius 2 is 2.42 bits per heavy atom. The van der Waals surface area contributed by atoms with E-state index in [9.17, 15) is 4.79 Å². The smallest absolute Gasteiger partial charge is 0.163 e. The molecular formula is C10H12OS. The molecule has 0 spiro atoms. The highest BCUT2D eigenvalue weighted by atomic mass is 32.1. The van der Waals surface area contributed by atoms with Crippen LogP contribution >= 0.6 is 11.3 Å². The van der Waals surface area contributed by atoms with E-state index in [1.807, 2.05) is 16.8 Å². The zero-order valence-electron chi connectivity index (χ0n) is 6.95. The van der Waals surface area contributed by atoms with Gasteiger partial charge in [-0.15, -0.1) is 0 Å². The minimum Gasteiger partial charge on any atom is -0.294 e. The molecule has 1 aliphatic rings. The van der Waals surface area contributed by atoms with Crippen LogP contribution in [0.1, 0.15) is 36.0 Å². The Balaban J connectivity index is 1.92. The number of ketones is 1. The van der Waals surface area contributed by atoms with E-state index in [1.165, 1.54) is 19.3 Å². The highest BCUT2D eigenvalue weighted by Crippen LogP contribution is 2.30. The van der Waals surface area contributed by atoms with Crippen LogP contribution in [0, 0.1) is 5.92 Å². The van der Waals surface area contributed by atoms with E-state index in [1.54, 1.807) is 11.3 Å². The molecule has 0 aliphatic heterocycles. The fourth-order valence-corrected chi connectivity index (χ4v) is 2.16. The maximum atomic E-state index is 11.5. The first-order valence-corrected chi connectivity index (χ1v) is 5.36. The first-order valence-electron chi connectivity index (χ1n) is 4.41. The summed E-state index contributed by atoms with van der Waals surface area (Å²) in [7, 11) is 0. The normalized spacial score (nSPS) is 17.3. The van der Waals surface area contributed by atoms with E-state index in [0.717, 1.165) is 12.0 Å². The second-order valence-corrected chi connectivity index (χ2v) is 4.22. The molecule has 0 bridgehead atoms. The van der Waals surface area contributed by atoms with Crippen LogP contribution < -0.4 is 0 Å². The molecule has 1 saturated carbocycles. The molecule has 0 N–H and O–H groups in total. The van der Waals surface area contributed by atoms with Crippen molar-refractivity contribution in [1.29, 1.82) is 0 Å². The summed E-state index contributed by atoms with van der Waals surface area (Å²) < 4.78 is 0. The largest absolute Gasteiger partial charge is 0.294 e. The minimum absolute atomic E-state index is 0.334. The van der Waals surface area contributed by atoms with Crippen LogP contribution in [-0.2, 0) is 0 Å². The van der Waals surface area contributed by atoms with Crippen molar-refractivity contribution in [2.24, 2.45) is 5.92 Å². The molecule has 64 valence electrons. The van der Waals surface area contributed by atoms with Gasteiger partial charge in [0.2, 0.25) is 0 Å². The lowest BCUT2D eigenvalue weighted by Crippen LogP contribution is -2.15. The van der Waals surface area contributed by atoms with Crippen LogP contribution in [0.4, 0.5) is 0 Å². The maximum Gasteiger partial charge on any atom is 0.163 e. The molecule has 0 unspecified atom stereocenters. The van der Waals surface area contributed by atoms with Gasteiger partial charge in [0.25, 0.3) is 0 Å². The molecule has 0 saturated heterocycles. The molecule has 1 aromatic heterocycles. The third-order valence-corrected chi connectivity index (χ3v) is 3.23. The molecule has 0 amide bonds. The fraction of sp³-hybridized carbons (Fsp3) is 0.500. The number of carbonyl (C=O) groups excluding carboxylic acids is 1. The van der Waals surface area contributed by atoms with Gasteiger partial charge in [-0.05, 0) is 17.4 Å². The predicted octanol–water partition coefficient (Wildman–Crippen LogP) is 3.12. The second-order valence-electron chi connectivity index (χ2n) is 3.44. The maximum absolute atomic E-state index is 11.5. The monoisotopic (exact) mass is 180 g/mol. The summed E-state index contributed by atoms with van der Waals surface area (Å²) in [5, 5.41) is 3.91. The molecule has 12 heavy (non-hydrogen) atoms.